The number of sulfonamides is 1. The molecular formula is C13H11NO2S3. The molecule has 0 fully saturated rings. The molecule has 0 atom stereocenters. The van der Waals surface area contributed by atoms with Crippen LogP contribution in [-0.4, -0.2) is 12.6 Å². The predicted molar refractivity (Wildman–Crippen MR) is 82.5 cm³/mol. The maximum Gasteiger partial charge on any atom is 0.250 e. The van der Waals surface area contributed by atoms with E-state index in [1.807, 2.05) is 30.3 Å². The highest BCUT2D eigenvalue weighted by atomic mass is 32.3. The Morgan fingerprint density at radius 2 is 1.47 bits per heavy atom. The smallest absolute Gasteiger partial charge is 0.206 e. The highest BCUT2D eigenvalue weighted by Gasteiger charge is 2.14. The predicted octanol–water partition coefficient (Wildman–Crippen LogP) is 2.99. The molecule has 0 heterocycles. The monoisotopic (exact) mass is 309 g/mol. The SMILES string of the molecule is O=S(=O)(NSC(=S)c1ccccc1)c1ccccc1. The first-order valence-corrected chi connectivity index (χ1v) is 8.13. The average Bonchev–Trinajstić information content (AvgIpc) is 2.47. The van der Waals surface area contributed by atoms with Gasteiger partial charge < -0.3 is 0 Å². The lowest BCUT2D eigenvalue weighted by atomic mass is 10.2. The minimum absolute atomic E-state index is 0.221. The quantitative estimate of drug-likeness (QED) is 0.697. The molecule has 0 aliphatic carbocycles. The van der Waals surface area contributed by atoms with Crippen molar-refractivity contribution in [3.63, 3.8) is 0 Å². The Balaban J connectivity index is 2.05. The molecule has 19 heavy (non-hydrogen) atoms. The molecule has 0 saturated carbocycles. The molecule has 2 aromatic carbocycles. The molecule has 98 valence electrons. The van der Waals surface area contributed by atoms with Gasteiger partial charge in [0, 0.05) is 5.56 Å². The van der Waals surface area contributed by atoms with Gasteiger partial charge in [0.25, 0.3) is 0 Å². The van der Waals surface area contributed by atoms with Gasteiger partial charge in [-0.3, -0.25) is 0 Å². The van der Waals surface area contributed by atoms with Gasteiger partial charge in [0.05, 0.1) is 9.09 Å². The van der Waals surface area contributed by atoms with Crippen LogP contribution in [-0.2, 0) is 10.0 Å². The normalized spacial score (nSPS) is 11.2. The molecule has 0 unspecified atom stereocenters. The zero-order chi connectivity index (χ0) is 13.7. The highest BCUT2D eigenvalue weighted by Crippen LogP contribution is 2.15. The van der Waals surface area contributed by atoms with Crippen LogP contribution in [0.4, 0.5) is 0 Å². The van der Waals surface area contributed by atoms with E-state index in [-0.39, 0.29) is 4.90 Å². The number of rotatable bonds is 4. The van der Waals surface area contributed by atoms with Crippen molar-refractivity contribution in [2.75, 3.05) is 0 Å². The van der Waals surface area contributed by atoms with E-state index in [0.29, 0.717) is 4.20 Å². The number of nitrogens with one attached hydrogen (secondary N) is 1. The van der Waals surface area contributed by atoms with Crippen LogP contribution in [0.25, 0.3) is 0 Å². The second-order valence-electron chi connectivity index (χ2n) is 3.66. The zero-order valence-corrected chi connectivity index (χ0v) is 12.3. The summed E-state index contributed by atoms with van der Waals surface area (Å²) >= 11 is 6.10. The molecular weight excluding hydrogens is 298 g/mol. The van der Waals surface area contributed by atoms with Crippen molar-refractivity contribution in [1.82, 2.24) is 4.13 Å². The fraction of sp³-hybridized carbons (Fsp3) is 0. The Morgan fingerprint density at radius 1 is 0.947 bits per heavy atom. The molecule has 2 aromatic rings. The van der Waals surface area contributed by atoms with Crippen LogP contribution in [0.5, 0.6) is 0 Å². The Kier molecular flexibility index (Phi) is 4.71. The highest BCUT2D eigenvalue weighted by molar-refractivity contribution is 8.26. The zero-order valence-electron chi connectivity index (χ0n) is 9.81. The second-order valence-corrected chi connectivity index (χ2v) is 7.08. The third-order valence-electron chi connectivity index (χ3n) is 2.31. The molecule has 0 bridgehead atoms. The Hall–Kier alpha value is -1.21. The van der Waals surface area contributed by atoms with Crippen LogP contribution in [0.1, 0.15) is 5.56 Å². The molecule has 0 aromatic heterocycles. The van der Waals surface area contributed by atoms with Crippen LogP contribution < -0.4 is 4.13 Å². The minimum Gasteiger partial charge on any atom is -0.206 e. The maximum absolute atomic E-state index is 12.0. The number of thiocarbonyl (C=S) groups is 1. The molecule has 0 saturated heterocycles. The van der Waals surface area contributed by atoms with Crippen LogP contribution in [0.2, 0.25) is 0 Å². The first-order chi connectivity index (χ1) is 9.09. The van der Waals surface area contributed by atoms with Crippen LogP contribution in [0.3, 0.4) is 0 Å². The maximum atomic E-state index is 12.0. The third kappa shape index (κ3) is 3.87. The standard InChI is InChI=1S/C13H11NO2S3/c15-19(16,12-9-5-2-6-10-12)14-18-13(17)11-7-3-1-4-8-11/h1-10,14H. The van der Waals surface area contributed by atoms with Crippen molar-refractivity contribution in [3.8, 4) is 0 Å². The summed E-state index contributed by atoms with van der Waals surface area (Å²) in [6, 6.07) is 17.5. The van der Waals surface area contributed by atoms with E-state index in [1.165, 1.54) is 12.1 Å². The Morgan fingerprint density at radius 3 is 2.05 bits per heavy atom. The van der Waals surface area contributed by atoms with E-state index >= 15 is 0 Å². The van der Waals surface area contributed by atoms with Gasteiger partial charge in [-0.05, 0) is 24.1 Å². The van der Waals surface area contributed by atoms with E-state index in [0.717, 1.165) is 17.5 Å². The van der Waals surface area contributed by atoms with E-state index in [4.69, 9.17) is 12.2 Å². The molecule has 0 aliphatic heterocycles. The van der Waals surface area contributed by atoms with Crippen molar-refractivity contribution >= 4 is 38.4 Å². The van der Waals surface area contributed by atoms with Crippen molar-refractivity contribution in [3.05, 3.63) is 66.2 Å². The van der Waals surface area contributed by atoms with Gasteiger partial charge in [0.1, 0.15) is 0 Å². The van der Waals surface area contributed by atoms with E-state index in [9.17, 15) is 8.42 Å². The molecule has 0 aliphatic rings. The average molecular weight is 309 g/mol. The van der Waals surface area contributed by atoms with Crippen LogP contribution in [0, 0.1) is 0 Å². The van der Waals surface area contributed by atoms with Gasteiger partial charge in [-0.1, -0.05) is 60.7 Å². The van der Waals surface area contributed by atoms with E-state index in [2.05, 4.69) is 4.13 Å². The summed E-state index contributed by atoms with van der Waals surface area (Å²) in [5.41, 5.74) is 0.818. The van der Waals surface area contributed by atoms with Crippen LogP contribution >= 0.6 is 24.2 Å². The lowest BCUT2D eigenvalue weighted by Gasteiger charge is -2.06. The Bertz CT molecular complexity index is 655. The summed E-state index contributed by atoms with van der Waals surface area (Å²) in [6.07, 6.45) is 0. The van der Waals surface area contributed by atoms with Crippen LogP contribution in [0.15, 0.2) is 65.6 Å². The van der Waals surface area contributed by atoms with Gasteiger partial charge >= 0.3 is 0 Å². The number of benzene rings is 2. The van der Waals surface area contributed by atoms with Gasteiger partial charge in [0.2, 0.25) is 10.0 Å². The molecule has 3 nitrogen and oxygen atoms in total. The summed E-state index contributed by atoms with van der Waals surface area (Å²) < 4.78 is 26.9. The largest absolute Gasteiger partial charge is 0.250 e. The van der Waals surface area contributed by atoms with Gasteiger partial charge in [-0.15, -0.1) is 4.13 Å². The van der Waals surface area contributed by atoms with E-state index in [1.54, 1.807) is 18.2 Å². The molecule has 0 spiro atoms. The lowest BCUT2D eigenvalue weighted by molar-refractivity contribution is 0.594. The summed E-state index contributed by atoms with van der Waals surface area (Å²) in [6.45, 7) is 0. The lowest BCUT2D eigenvalue weighted by Crippen LogP contribution is -2.18. The number of hydrogen-bond donors (Lipinski definition) is 1. The molecule has 0 radical (unpaired) electrons. The molecule has 2 rings (SSSR count). The summed E-state index contributed by atoms with van der Waals surface area (Å²) in [4.78, 5) is 0.221. The fourth-order valence-corrected chi connectivity index (χ4v) is 3.71. The Labute approximate surface area is 122 Å². The number of hydrogen-bond acceptors (Lipinski definition) is 4. The van der Waals surface area contributed by atoms with E-state index < -0.39 is 10.0 Å². The summed E-state index contributed by atoms with van der Waals surface area (Å²) in [5.74, 6) is 0. The van der Waals surface area contributed by atoms with Crippen molar-refractivity contribution in [2.45, 2.75) is 4.90 Å². The van der Waals surface area contributed by atoms with Crippen molar-refractivity contribution in [1.29, 1.82) is 0 Å². The third-order valence-corrected chi connectivity index (χ3v) is 5.32. The van der Waals surface area contributed by atoms with Gasteiger partial charge in [0.15, 0.2) is 0 Å². The van der Waals surface area contributed by atoms with Gasteiger partial charge in [-0.2, -0.15) is 0 Å². The molecule has 1 N–H and O–H groups in total. The molecule has 6 heteroatoms. The fourth-order valence-electron chi connectivity index (χ4n) is 1.37. The second kappa shape index (κ2) is 6.29. The minimum atomic E-state index is -3.54. The first kappa shape index (κ1) is 14.2. The van der Waals surface area contributed by atoms with Crippen molar-refractivity contribution < 1.29 is 8.42 Å². The topological polar surface area (TPSA) is 46.2 Å². The first-order valence-electron chi connectivity index (χ1n) is 5.43. The summed E-state index contributed by atoms with van der Waals surface area (Å²) in [7, 11) is -3.54. The van der Waals surface area contributed by atoms with Crippen molar-refractivity contribution in [2.24, 2.45) is 0 Å². The summed E-state index contributed by atoms with van der Waals surface area (Å²) in [5, 5.41) is 0. The van der Waals surface area contributed by atoms with Gasteiger partial charge in [-0.25, -0.2) is 8.42 Å². The molecule has 0 amide bonds.